The fourth-order valence-electron chi connectivity index (χ4n) is 2.43. The second kappa shape index (κ2) is 12.9. The highest BCUT2D eigenvalue weighted by Crippen LogP contribution is 2.20. The van der Waals surface area contributed by atoms with E-state index in [-0.39, 0.29) is 10.7 Å². The van der Waals surface area contributed by atoms with Gasteiger partial charge in [-0.25, -0.2) is 18.6 Å². The maximum Gasteiger partial charge on any atom is 0.146 e. The van der Waals surface area contributed by atoms with Gasteiger partial charge in [-0.15, -0.1) is 0 Å². The van der Waals surface area contributed by atoms with Crippen LogP contribution in [0, 0.1) is 12.7 Å². The highest BCUT2D eigenvalue weighted by molar-refractivity contribution is 7.85. The van der Waals surface area contributed by atoms with Crippen molar-refractivity contribution in [1.29, 1.82) is 0 Å². The molecule has 0 bridgehead atoms. The second-order valence-corrected chi connectivity index (χ2v) is 7.65. The molecule has 1 heterocycles. The lowest BCUT2D eigenvalue weighted by Crippen LogP contribution is -2.19. The minimum Gasteiger partial charge on any atom is -0.384 e. The standard InChI is InChI=1S/C19H26FN5OS.C2H6/c1-4-5-6-10-25(3)18-13-23-19(21)17(12-22-14(2)24-18)27(26)16-9-7-8-15(20)11-16;1-2/h7-9,11-13,23H,4-6,10,21H2,1-3H3;1-2H3. The Morgan fingerprint density at radius 2 is 2.00 bits per heavy atom. The summed E-state index contributed by atoms with van der Waals surface area (Å²) in [5, 5.41) is 0. The molecule has 2 rings (SSSR count). The number of aryl methyl sites for hydroxylation is 1. The lowest BCUT2D eigenvalue weighted by Gasteiger charge is -2.16. The Kier molecular flexibility index (Phi) is 10.9. The Bertz CT molecular complexity index is 855. The van der Waals surface area contributed by atoms with Crippen molar-refractivity contribution in [1.82, 2.24) is 15.0 Å². The minimum atomic E-state index is -1.67. The van der Waals surface area contributed by atoms with Gasteiger partial charge in [-0.3, -0.25) is 0 Å². The summed E-state index contributed by atoms with van der Waals surface area (Å²) in [6.45, 7) is 8.77. The third kappa shape index (κ3) is 7.81. The van der Waals surface area contributed by atoms with E-state index in [9.17, 15) is 8.60 Å². The first-order chi connectivity index (χ1) is 13.9. The van der Waals surface area contributed by atoms with E-state index in [0.717, 1.165) is 25.8 Å². The summed E-state index contributed by atoms with van der Waals surface area (Å²) in [6, 6.07) is 5.62. The van der Waals surface area contributed by atoms with Crippen molar-refractivity contribution >= 4 is 22.4 Å². The molecule has 0 aliphatic heterocycles. The van der Waals surface area contributed by atoms with Crippen molar-refractivity contribution in [2.45, 2.75) is 56.7 Å². The van der Waals surface area contributed by atoms with Crippen LogP contribution in [0.25, 0.3) is 0 Å². The van der Waals surface area contributed by atoms with Crippen molar-refractivity contribution in [3.8, 4) is 0 Å². The predicted molar refractivity (Wildman–Crippen MR) is 118 cm³/mol. The van der Waals surface area contributed by atoms with Crippen LogP contribution in [0.4, 0.5) is 16.0 Å². The molecule has 1 aromatic heterocycles. The maximum atomic E-state index is 13.5. The first kappa shape index (κ1) is 24.6. The van der Waals surface area contributed by atoms with Crippen molar-refractivity contribution in [2.75, 3.05) is 24.2 Å². The van der Waals surface area contributed by atoms with Crippen LogP contribution in [0.2, 0.25) is 0 Å². The van der Waals surface area contributed by atoms with Gasteiger partial charge in [0.15, 0.2) is 0 Å². The zero-order valence-electron chi connectivity index (χ0n) is 17.9. The van der Waals surface area contributed by atoms with Crippen LogP contribution in [0.3, 0.4) is 0 Å². The Balaban J connectivity index is 0.00000204. The Hall–Kier alpha value is -2.48. The molecule has 0 amide bonds. The van der Waals surface area contributed by atoms with Gasteiger partial charge in [-0.2, -0.15) is 0 Å². The predicted octanol–water partition coefficient (Wildman–Crippen LogP) is 4.78. The van der Waals surface area contributed by atoms with E-state index in [1.807, 2.05) is 25.8 Å². The molecule has 0 saturated carbocycles. The number of nitrogen functional groups attached to an aromatic ring is 1. The lowest BCUT2D eigenvalue weighted by molar-refractivity contribution is 0.622. The van der Waals surface area contributed by atoms with Gasteiger partial charge in [-0.05, 0) is 31.5 Å². The molecule has 0 spiro atoms. The van der Waals surface area contributed by atoms with Crippen LogP contribution in [-0.2, 0) is 10.8 Å². The number of halogens is 1. The number of anilines is 2. The van der Waals surface area contributed by atoms with Crippen LogP contribution < -0.4 is 10.6 Å². The number of nitrogens with zero attached hydrogens (tertiary/aromatic N) is 3. The Labute approximate surface area is 175 Å². The summed E-state index contributed by atoms with van der Waals surface area (Å²) >= 11 is 0. The number of benzene rings is 1. The number of nitrogens with one attached hydrogen (secondary N) is 1. The number of aromatic amines is 1. The molecule has 0 radical (unpaired) electrons. The number of unbranched alkanes of at least 4 members (excludes halogenated alkanes) is 2. The number of hydrogen-bond donors (Lipinski definition) is 2. The fourth-order valence-corrected chi connectivity index (χ4v) is 3.51. The number of hydrogen-bond acceptors (Lipinski definition) is 5. The summed E-state index contributed by atoms with van der Waals surface area (Å²) < 4.78 is 26.3. The molecule has 8 heteroatoms. The van der Waals surface area contributed by atoms with Gasteiger partial charge in [0, 0.05) is 30.9 Å². The Morgan fingerprint density at radius 3 is 2.66 bits per heavy atom. The molecule has 0 saturated heterocycles. The summed E-state index contributed by atoms with van der Waals surface area (Å²) in [5.41, 5.74) is 6.10. The molecule has 0 aliphatic rings. The molecular formula is C21H32FN5OS. The molecule has 3 N–H and O–H groups in total. The molecule has 0 fully saturated rings. The lowest BCUT2D eigenvalue weighted by atomic mass is 10.2. The van der Waals surface area contributed by atoms with Gasteiger partial charge >= 0.3 is 0 Å². The van der Waals surface area contributed by atoms with Crippen LogP contribution in [0.5, 0.6) is 0 Å². The first-order valence-corrected chi connectivity index (χ1v) is 11.0. The van der Waals surface area contributed by atoms with Crippen molar-refractivity contribution < 1.29 is 8.60 Å². The summed E-state index contributed by atoms with van der Waals surface area (Å²) in [4.78, 5) is 14.3. The van der Waals surface area contributed by atoms with Crippen molar-refractivity contribution in [3.05, 3.63) is 48.3 Å². The highest BCUT2D eigenvalue weighted by Gasteiger charge is 2.12. The largest absolute Gasteiger partial charge is 0.384 e. The van der Waals surface area contributed by atoms with Crippen molar-refractivity contribution in [2.24, 2.45) is 0 Å². The number of nitrogens with two attached hydrogens (primary N) is 1. The van der Waals surface area contributed by atoms with Gasteiger partial charge in [0.05, 0.1) is 10.8 Å². The van der Waals surface area contributed by atoms with E-state index < -0.39 is 16.6 Å². The zero-order valence-corrected chi connectivity index (χ0v) is 18.7. The van der Waals surface area contributed by atoms with Gasteiger partial charge in [-0.1, -0.05) is 39.7 Å². The highest BCUT2D eigenvalue weighted by atomic mass is 32.2. The molecule has 1 atom stereocenters. The normalized spacial score (nSPS) is 11.1. The van der Waals surface area contributed by atoms with Crippen LogP contribution >= 0.6 is 0 Å². The van der Waals surface area contributed by atoms with E-state index in [1.165, 1.54) is 24.4 Å². The smallest absolute Gasteiger partial charge is 0.146 e. The molecule has 1 unspecified atom stereocenters. The van der Waals surface area contributed by atoms with Crippen LogP contribution in [0.15, 0.2) is 46.5 Å². The van der Waals surface area contributed by atoms with Crippen LogP contribution in [0.1, 0.15) is 45.9 Å². The minimum absolute atomic E-state index is 0.186. The molecule has 0 aliphatic carbocycles. The third-order valence-electron chi connectivity index (χ3n) is 3.97. The second-order valence-electron chi connectivity index (χ2n) is 6.20. The zero-order chi connectivity index (χ0) is 21.8. The maximum absolute atomic E-state index is 13.5. The molecular weight excluding hydrogens is 389 g/mol. The van der Waals surface area contributed by atoms with E-state index in [1.54, 1.807) is 19.2 Å². The molecule has 6 nitrogen and oxygen atoms in total. The number of rotatable bonds is 7. The molecule has 160 valence electrons. The van der Waals surface area contributed by atoms with Crippen molar-refractivity contribution in [3.63, 3.8) is 0 Å². The molecule has 29 heavy (non-hydrogen) atoms. The molecule has 1 aromatic carbocycles. The third-order valence-corrected chi connectivity index (χ3v) is 5.37. The van der Waals surface area contributed by atoms with E-state index in [4.69, 9.17) is 5.73 Å². The summed E-state index contributed by atoms with van der Waals surface area (Å²) in [6.07, 6.45) is 6.42. The average molecular weight is 422 g/mol. The quantitative estimate of drug-likeness (QED) is 0.628. The number of H-pyrrole nitrogens is 1. The molecule has 2 aromatic rings. The SMILES string of the molecule is CC.CCCCCN(C)c1c[nH]c(N)c(S(=O)c2cccc(F)c2)cnc(C)n1. The monoisotopic (exact) mass is 421 g/mol. The van der Waals surface area contributed by atoms with E-state index in [2.05, 4.69) is 21.9 Å². The summed E-state index contributed by atoms with van der Waals surface area (Å²) in [5.74, 6) is 0.919. The summed E-state index contributed by atoms with van der Waals surface area (Å²) in [7, 11) is 0.277. The van der Waals surface area contributed by atoms with Gasteiger partial charge in [0.2, 0.25) is 0 Å². The Morgan fingerprint density at radius 1 is 1.28 bits per heavy atom. The number of aromatic nitrogens is 3. The van der Waals surface area contributed by atoms with E-state index >= 15 is 0 Å². The van der Waals surface area contributed by atoms with Gasteiger partial charge in [0.25, 0.3) is 0 Å². The van der Waals surface area contributed by atoms with Gasteiger partial charge in [0.1, 0.15) is 28.2 Å². The van der Waals surface area contributed by atoms with E-state index in [0.29, 0.717) is 16.5 Å². The van der Waals surface area contributed by atoms with Crippen LogP contribution in [-0.4, -0.2) is 32.8 Å². The van der Waals surface area contributed by atoms with Gasteiger partial charge < -0.3 is 15.6 Å². The fraction of sp³-hybridized carbons (Fsp3) is 0.429. The average Bonchev–Trinajstić information content (AvgIpc) is 2.79. The first-order valence-electron chi connectivity index (χ1n) is 9.86. The topological polar surface area (TPSA) is 87.9 Å².